The Bertz CT molecular complexity index is 1050. The Morgan fingerprint density at radius 3 is 1.20 bits per heavy atom. The Labute approximate surface area is 341 Å². The van der Waals surface area contributed by atoms with Crippen molar-refractivity contribution in [3.63, 3.8) is 0 Å². The van der Waals surface area contributed by atoms with E-state index in [0.717, 1.165) is 83.5 Å². The number of hydrogen-bond acceptors (Lipinski definition) is 3. The molecule has 0 aromatic rings. The van der Waals surface area contributed by atoms with Gasteiger partial charge in [-0.3, -0.25) is 4.79 Å². The molecule has 4 nitrogen and oxygen atoms in total. The number of amides is 1. The van der Waals surface area contributed by atoms with Gasteiger partial charge in [0.2, 0.25) is 5.91 Å². The van der Waals surface area contributed by atoms with E-state index >= 15 is 0 Å². The summed E-state index contributed by atoms with van der Waals surface area (Å²) in [5.41, 5.74) is 0. The highest BCUT2D eigenvalue weighted by Gasteiger charge is 2.17. The maximum Gasteiger partial charge on any atom is 0.220 e. The molecule has 0 aliphatic carbocycles. The van der Waals surface area contributed by atoms with Gasteiger partial charge in [-0.2, -0.15) is 0 Å². The van der Waals surface area contributed by atoms with Crippen molar-refractivity contribution in [2.24, 2.45) is 0 Å². The molecule has 314 valence electrons. The first-order valence-corrected chi connectivity index (χ1v) is 23.0. The highest BCUT2D eigenvalue weighted by molar-refractivity contribution is 5.76. The summed E-state index contributed by atoms with van der Waals surface area (Å²) in [5, 5.41) is 23.0. The maximum atomic E-state index is 12.4. The smallest absolute Gasteiger partial charge is 0.220 e. The van der Waals surface area contributed by atoms with E-state index in [1.165, 1.54) is 96.3 Å². The first-order valence-electron chi connectivity index (χ1n) is 23.0. The van der Waals surface area contributed by atoms with E-state index in [1.54, 1.807) is 6.08 Å². The Balaban J connectivity index is 3.71. The third kappa shape index (κ3) is 42.3. The second-order valence-corrected chi connectivity index (χ2v) is 15.1. The van der Waals surface area contributed by atoms with Crippen LogP contribution in [0.5, 0.6) is 0 Å². The molecule has 0 saturated carbocycles. The number of carbonyl (C=O) groups excluding carboxylic acids is 1. The van der Waals surface area contributed by atoms with E-state index < -0.39 is 12.1 Å². The Morgan fingerprint density at radius 1 is 0.455 bits per heavy atom. The van der Waals surface area contributed by atoms with Crippen molar-refractivity contribution < 1.29 is 15.0 Å². The number of rotatable bonds is 40. The number of nitrogens with one attached hydrogen (secondary N) is 1. The molecular weight excluding hydrogens is 675 g/mol. The molecule has 2 atom stereocenters. The number of aliphatic hydroxyl groups excluding tert-OH is 2. The second kappa shape index (κ2) is 45.7. The van der Waals surface area contributed by atoms with Crippen LogP contribution in [0.4, 0.5) is 0 Å². The first-order chi connectivity index (χ1) is 27.2. The minimum atomic E-state index is -0.860. The van der Waals surface area contributed by atoms with Crippen molar-refractivity contribution in [2.75, 3.05) is 6.61 Å². The van der Waals surface area contributed by atoms with Crippen molar-refractivity contribution in [2.45, 2.75) is 212 Å². The molecule has 0 fully saturated rings. The third-order valence-corrected chi connectivity index (χ3v) is 9.82. The van der Waals surface area contributed by atoms with Crippen LogP contribution in [0.15, 0.2) is 97.2 Å². The van der Waals surface area contributed by atoms with Gasteiger partial charge in [0.15, 0.2) is 0 Å². The van der Waals surface area contributed by atoms with E-state index in [2.05, 4.69) is 104 Å². The van der Waals surface area contributed by atoms with E-state index in [-0.39, 0.29) is 12.5 Å². The average molecular weight is 762 g/mol. The summed E-state index contributed by atoms with van der Waals surface area (Å²) < 4.78 is 0. The second-order valence-electron chi connectivity index (χ2n) is 15.1. The van der Waals surface area contributed by atoms with Crippen LogP contribution in [-0.2, 0) is 4.79 Å². The van der Waals surface area contributed by atoms with Gasteiger partial charge < -0.3 is 15.5 Å². The van der Waals surface area contributed by atoms with Gasteiger partial charge >= 0.3 is 0 Å². The zero-order valence-electron chi connectivity index (χ0n) is 35.9. The van der Waals surface area contributed by atoms with Crippen molar-refractivity contribution in [3.05, 3.63) is 97.2 Å². The molecule has 0 bridgehead atoms. The topological polar surface area (TPSA) is 69.6 Å². The van der Waals surface area contributed by atoms with Crippen LogP contribution in [0.2, 0.25) is 0 Å². The summed E-state index contributed by atoms with van der Waals surface area (Å²) in [6, 6.07) is -0.647. The number of aliphatic hydroxyl groups is 2. The lowest BCUT2D eigenvalue weighted by molar-refractivity contribution is -0.123. The molecule has 0 heterocycles. The first kappa shape index (κ1) is 52.3. The number of allylic oxidation sites excluding steroid dienone is 15. The maximum absolute atomic E-state index is 12.4. The molecule has 0 aromatic carbocycles. The number of carbonyl (C=O) groups is 1. The van der Waals surface area contributed by atoms with Crippen molar-refractivity contribution in [3.8, 4) is 0 Å². The molecule has 1 amide bonds. The normalized spacial score (nSPS) is 13.9. The molecule has 4 heteroatoms. The van der Waals surface area contributed by atoms with Gasteiger partial charge in [0, 0.05) is 6.42 Å². The fraction of sp³-hybridized carbons (Fsp3) is 0.667. The molecule has 3 N–H and O–H groups in total. The van der Waals surface area contributed by atoms with E-state index in [0.29, 0.717) is 6.42 Å². The molecule has 0 saturated heterocycles. The minimum Gasteiger partial charge on any atom is -0.394 e. The van der Waals surface area contributed by atoms with Crippen LogP contribution in [0, 0.1) is 0 Å². The molecule has 2 unspecified atom stereocenters. The Morgan fingerprint density at radius 2 is 0.800 bits per heavy atom. The number of hydrogen-bond donors (Lipinski definition) is 3. The quantitative estimate of drug-likeness (QED) is 0.0430. The van der Waals surface area contributed by atoms with Crippen LogP contribution in [0.3, 0.4) is 0 Å². The van der Waals surface area contributed by atoms with Crippen LogP contribution >= 0.6 is 0 Å². The van der Waals surface area contributed by atoms with E-state index in [1.807, 2.05) is 6.08 Å². The fourth-order valence-electron chi connectivity index (χ4n) is 6.33. The summed E-state index contributed by atoms with van der Waals surface area (Å²) in [4.78, 5) is 12.4. The average Bonchev–Trinajstić information content (AvgIpc) is 3.19. The summed E-state index contributed by atoms with van der Waals surface area (Å²) in [5.74, 6) is -0.0995. The molecule has 0 aliphatic rings. The highest BCUT2D eigenvalue weighted by atomic mass is 16.3. The molecule has 55 heavy (non-hydrogen) atoms. The van der Waals surface area contributed by atoms with Crippen molar-refractivity contribution in [1.82, 2.24) is 5.32 Å². The lowest BCUT2D eigenvalue weighted by Gasteiger charge is -2.19. The highest BCUT2D eigenvalue weighted by Crippen LogP contribution is 2.14. The van der Waals surface area contributed by atoms with Crippen LogP contribution in [0.1, 0.15) is 200 Å². The third-order valence-electron chi connectivity index (χ3n) is 9.82. The Kier molecular flexibility index (Phi) is 43.5. The molecule has 0 rings (SSSR count). The predicted molar refractivity (Wildman–Crippen MR) is 243 cm³/mol. The predicted octanol–water partition coefficient (Wildman–Crippen LogP) is 14.6. The van der Waals surface area contributed by atoms with Gasteiger partial charge in [-0.15, -0.1) is 0 Å². The van der Waals surface area contributed by atoms with Gasteiger partial charge in [0.1, 0.15) is 0 Å². The SMILES string of the molecule is CC/C=C\C/C=C\C/C=C\C/C=C\C/C=C\C/C=C\C/C=C\CCCCCC(=O)NC(CO)C(O)/C=C/CCCCCCCCCCCCCCCCCC. The fourth-order valence-corrected chi connectivity index (χ4v) is 6.33. The summed E-state index contributed by atoms with van der Waals surface area (Å²) >= 11 is 0. The van der Waals surface area contributed by atoms with Gasteiger partial charge in [0.05, 0.1) is 18.8 Å². The van der Waals surface area contributed by atoms with Gasteiger partial charge in [0.25, 0.3) is 0 Å². The lowest BCUT2D eigenvalue weighted by Crippen LogP contribution is -2.45. The van der Waals surface area contributed by atoms with Crippen molar-refractivity contribution in [1.29, 1.82) is 0 Å². The molecule has 0 spiro atoms. The van der Waals surface area contributed by atoms with Gasteiger partial charge in [-0.25, -0.2) is 0 Å². The van der Waals surface area contributed by atoms with E-state index in [9.17, 15) is 15.0 Å². The zero-order chi connectivity index (χ0) is 40.0. The van der Waals surface area contributed by atoms with Gasteiger partial charge in [-0.05, 0) is 77.0 Å². The van der Waals surface area contributed by atoms with Gasteiger partial charge in [-0.1, -0.05) is 214 Å². The van der Waals surface area contributed by atoms with E-state index in [4.69, 9.17) is 0 Å². The summed E-state index contributed by atoms with van der Waals surface area (Å²) in [6.45, 7) is 4.17. The lowest BCUT2D eigenvalue weighted by atomic mass is 10.0. The largest absolute Gasteiger partial charge is 0.394 e. The molecule has 0 radical (unpaired) electrons. The van der Waals surface area contributed by atoms with Crippen LogP contribution < -0.4 is 5.32 Å². The monoisotopic (exact) mass is 762 g/mol. The van der Waals surface area contributed by atoms with Crippen LogP contribution in [0.25, 0.3) is 0 Å². The summed E-state index contributed by atoms with van der Waals surface area (Å²) in [6.07, 6.45) is 68.0. The minimum absolute atomic E-state index is 0.0995. The molecule has 0 aliphatic heterocycles. The molecular formula is C51H87NO3. The van der Waals surface area contributed by atoms with Crippen molar-refractivity contribution >= 4 is 5.91 Å². The standard InChI is InChI=1S/C51H87NO3/c1-3-5-7-9-11-13-15-17-19-21-23-24-25-26-27-28-29-31-33-35-37-39-41-43-45-47-51(55)52-49(48-53)50(54)46-44-42-40-38-36-34-32-30-22-20-18-16-14-12-10-8-6-4-2/h5,7,11,13,17,19,23-24,26-27,29,31,35,37,44,46,49-50,53-54H,3-4,6,8-10,12,14-16,18,20-22,25,28,30,32-34,36,38-43,45,47-48H2,1-2H3,(H,52,55)/b7-5-,13-11-,19-17-,24-23-,27-26-,31-29-,37-35-,46-44+. The number of unbranched alkanes of at least 4 members (excludes halogenated alkanes) is 19. The zero-order valence-corrected chi connectivity index (χ0v) is 35.9. The Hall–Kier alpha value is -2.69. The van der Waals surface area contributed by atoms with Crippen LogP contribution in [-0.4, -0.2) is 34.9 Å². The molecule has 0 aromatic heterocycles. The summed E-state index contributed by atoms with van der Waals surface area (Å²) in [7, 11) is 0.